The predicted octanol–water partition coefficient (Wildman–Crippen LogP) is 3.76. The Morgan fingerprint density at radius 2 is 1.80 bits per heavy atom. The lowest BCUT2D eigenvalue weighted by molar-refractivity contribution is 0.0641. The van der Waals surface area contributed by atoms with E-state index in [0.29, 0.717) is 0 Å². The molecule has 110 valence electrons. The first-order valence-corrected chi connectivity index (χ1v) is 8.27. The highest BCUT2D eigenvalue weighted by Gasteiger charge is 2.29. The highest BCUT2D eigenvalue weighted by molar-refractivity contribution is 5.13. The van der Waals surface area contributed by atoms with E-state index < -0.39 is 0 Å². The number of hydrogen-bond acceptors (Lipinski definition) is 2. The minimum Gasteiger partial charge on any atom is -0.376 e. The lowest BCUT2D eigenvalue weighted by atomic mass is 9.78. The highest BCUT2D eigenvalue weighted by Crippen LogP contribution is 2.33. The summed E-state index contributed by atoms with van der Waals surface area (Å²) in [5.41, 5.74) is 1.29. The van der Waals surface area contributed by atoms with Crippen LogP contribution in [-0.4, -0.2) is 19.2 Å². The van der Waals surface area contributed by atoms with Crippen molar-refractivity contribution in [3.05, 3.63) is 35.9 Å². The second kappa shape index (κ2) is 7.24. The normalized spacial score (nSPS) is 30.5. The Labute approximate surface area is 122 Å². The van der Waals surface area contributed by atoms with Gasteiger partial charge in [0.05, 0.1) is 6.61 Å². The van der Waals surface area contributed by atoms with Crippen LogP contribution >= 0.6 is 0 Å². The van der Waals surface area contributed by atoms with E-state index in [-0.39, 0.29) is 0 Å². The van der Waals surface area contributed by atoms with Crippen molar-refractivity contribution >= 4 is 0 Å². The van der Waals surface area contributed by atoms with Crippen molar-refractivity contribution in [2.24, 2.45) is 11.8 Å². The van der Waals surface area contributed by atoms with Gasteiger partial charge in [-0.3, -0.25) is 0 Å². The van der Waals surface area contributed by atoms with Gasteiger partial charge in [0.2, 0.25) is 0 Å². The smallest absolute Gasteiger partial charge is 0.0717 e. The Morgan fingerprint density at radius 3 is 2.50 bits per heavy atom. The largest absolute Gasteiger partial charge is 0.376 e. The molecule has 0 aromatic heterocycles. The van der Waals surface area contributed by atoms with Crippen LogP contribution in [0.2, 0.25) is 0 Å². The molecule has 0 amide bonds. The van der Waals surface area contributed by atoms with Crippen molar-refractivity contribution < 1.29 is 4.74 Å². The molecule has 2 heteroatoms. The fourth-order valence-corrected chi connectivity index (χ4v) is 3.79. The Balaban J connectivity index is 1.34. The molecule has 3 rings (SSSR count). The maximum atomic E-state index is 5.90. The molecule has 1 saturated heterocycles. The van der Waals surface area contributed by atoms with Gasteiger partial charge in [-0.2, -0.15) is 0 Å². The summed E-state index contributed by atoms with van der Waals surface area (Å²) in [5, 5.41) is 3.67. The molecule has 1 aliphatic carbocycles. The van der Waals surface area contributed by atoms with Crippen LogP contribution in [-0.2, 0) is 11.3 Å². The molecule has 2 fully saturated rings. The molecule has 0 unspecified atom stereocenters. The summed E-state index contributed by atoms with van der Waals surface area (Å²) in [6.07, 6.45) is 8.30. The van der Waals surface area contributed by atoms with Gasteiger partial charge in [-0.05, 0) is 62.5 Å². The second-order valence-electron chi connectivity index (χ2n) is 6.48. The summed E-state index contributed by atoms with van der Waals surface area (Å²) in [5.74, 6) is 1.72. The fraction of sp³-hybridized carbons (Fsp3) is 0.667. The highest BCUT2D eigenvalue weighted by atomic mass is 16.5. The Morgan fingerprint density at radius 1 is 1.00 bits per heavy atom. The lowest BCUT2D eigenvalue weighted by Crippen LogP contribution is -2.33. The number of hydrogen-bond donors (Lipinski definition) is 1. The minimum absolute atomic E-state index is 0.769. The molecule has 1 atom stereocenters. The Bertz CT molecular complexity index is 378. The third-order valence-corrected chi connectivity index (χ3v) is 5.02. The molecular formula is C18H27NO. The van der Waals surface area contributed by atoms with E-state index in [0.717, 1.165) is 31.1 Å². The maximum absolute atomic E-state index is 5.90. The molecule has 1 aromatic rings. The molecule has 0 bridgehead atoms. The van der Waals surface area contributed by atoms with Crippen LogP contribution < -0.4 is 5.32 Å². The first-order chi connectivity index (χ1) is 9.92. The van der Waals surface area contributed by atoms with E-state index in [1.54, 1.807) is 0 Å². The number of ether oxygens (including phenoxy) is 1. The average molecular weight is 273 g/mol. The third-order valence-electron chi connectivity index (χ3n) is 5.02. The molecule has 1 aliphatic heterocycles. The Kier molecular flexibility index (Phi) is 5.10. The van der Waals surface area contributed by atoms with Crippen LogP contribution in [0.3, 0.4) is 0 Å². The molecular weight excluding hydrogens is 246 g/mol. The van der Waals surface area contributed by atoms with Crippen LogP contribution in [0.15, 0.2) is 30.3 Å². The van der Waals surface area contributed by atoms with Gasteiger partial charge in [-0.15, -0.1) is 0 Å². The van der Waals surface area contributed by atoms with Gasteiger partial charge in [0.1, 0.15) is 0 Å². The predicted molar refractivity (Wildman–Crippen MR) is 82.6 cm³/mol. The first kappa shape index (κ1) is 14.1. The van der Waals surface area contributed by atoms with Crippen molar-refractivity contribution in [2.45, 2.75) is 51.2 Å². The van der Waals surface area contributed by atoms with Crippen LogP contribution in [0.4, 0.5) is 0 Å². The van der Waals surface area contributed by atoms with Crippen LogP contribution in [0.25, 0.3) is 0 Å². The quantitative estimate of drug-likeness (QED) is 0.882. The average Bonchev–Trinajstić information content (AvgIpc) is 3.03. The number of rotatable bonds is 5. The van der Waals surface area contributed by atoms with Crippen LogP contribution in [0.5, 0.6) is 0 Å². The number of nitrogens with one attached hydrogen (secondary N) is 1. The van der Waals surface area contributed by atoms with Crippen molar-refractivity contribution in [1.29, 1.82) is 0 Å². The summed E-state index contributed by atoms with van der Waals surface area (Å²) < 4.78 is 5.90. The topological polar surface area (TPSA) is 21.3 Å². The molecule has 20 heavy (non-hydrogen) atoms. The number of benzene rings is 1. The minimum atomic E-state index is 0.769. The van der Waals surface area contributed by atoms with Gasteiger partial charge in [-0.1, -0.05) is 30.3 Å². The zero-order valence-corrected chi connectivity index (χ0v) is 12.4. The van der Waals surface area contributed by atoms with Crippen LogP contribution in [0.1, 0.15) is 44.1 Å². The van der Waals surface area contributed by atoms with E-state index in [9.17, 15) is 0 Å². The zero-order chi connectivity index (χ0) is 13.6. The van der Waals surface area contributed by atoms with E-state index in [1.165, 1.54) is 50.6 Å². The summed E-state index contributed by atoms with van der Waals surface area (Å²) in [6, 6.07) is 11.3. The van der Waals surface area contributed by atoms with Gasteiger partial charge < -0.3 is 10.1 Å². The van der Waals surface area contributed by atoms with E-state index in [1.807, 2.05) is 0 Å². The first-order valence-electron chi connectivity index (χ1n) is 8.27. The second-order valence-corrected chi connectivity index (χ2v) is 6.48. The van der Waals surface area contributed by atoms with Crippen molar-refractivity contribution in [3.63, 3.8) is 0 Å². The van der Waals surface area contributed by atoms with Crippen molar-refractivity contribution in [1.82, 2.24) is 5.32 Å². The zero-order valence-electron chi connectivity index (χ0n) is 12.4. The fourth-order valence-electron chi connectivity index (χ4n) is 3.79. The molecule has 1 saturated carbocycles. The monoisotopic (exact) mass is 273 g/mol. The summed E-state index contributed by atoms with van der Waals surface area (Å²) in [4.78, 5) is 0. The molecule has 1 aromatic carbocycles. The molecule has 1 heterocycles. The lowest BCUT2D eigenvalue weighted by Gasteiger charge is -2.32. The standard InChI is InChI=1S/C18H27NO/c1-2-5-15(6-3-1)13-20-14-16-8-10-17(11-9-16)18-7-4-12-19-18/h1-3,5-6,16-19H,4,7-14H2/t16-,17-,18-/m1/s1. The molecule has 0 radical (unpaired) electrons. The van der Waals surface area contributed by atoms with E-state index >= 15 is 0 Å². The van der Waals surface area contributed by atoms with Gasteiger partial charge in [0.15, 0.2) is 0 Å². The maximum Gasteiger partial charge on any atom is 0.0717 e. The molecule has 2 nitrogen and oxygen atoms in total. The van der Waals surface area contributed by atoms with E-state index in [2.05, 4.69) is 35.6 Å². The summed E-state index contributed by atoms with van der Waals surface area (Å²) in [7, 11) is 0. The van der Waals surface area contributed by atoms with Gasteiger partial charge in [0, 0.05) is 12.6 Å². The van der Waals surface area contributed by atoms with Gasteiger partial charge >= 0.3 is 0 Å². The molecule has 1 N–H and O–H groups in total. The van der Waals surface area contributed by atoms with E-state index in [4.69, 9.17) is 4.74 Å². The third kappa shape index (κ3) is 3.83. The Hall–Kier alpha value is -0.860. The van der Waals surface area contributed by atoms with Crippen molar-refractivity contribution in [3.8, 4) is 0 Å². The summed E-state index contributed by atoms with van der Waals surface area (Å²) >= 11 is 0. The summed E-state index contributed by atoms with van der Waals surface area (Å²) in [6.45, 7) is 2.95. The van der Waals surface area contributed by atoms with Crippen LogP contribution in [0, 0.1) is 11.8 Å². The SMILES string of the molecule is c1ccc(COC[C@H]2CC[C@H]([C@H]3CCCN3)CC2)cc1. The van der Waals surface area contributed by atoms with Gasteiger partial charge in [-0.25, -0.2) is 0 Å². The molecule has 2 aliphatic rings. The van der Waals surface area contributed by atoms with Crippen molar-refractivity contribution in [2.75, 3.05) is 13.2 Å². The van der Waals surface area contributed by atoms with Gasteiger partial charge in [0.25, 0.3) is 0 Å². The molecule has 0 spiro atoms.